The van der Waals surface area contributed by atoms with E-state index in [4.69, 9.17) is 9.97 Å². The summed E-state index contributed by atoms with van der Waals surface area (Å²) in [7, 11) is 0. The predicted octanol–water partition coefficient (Wildman–Crippen LogP) is 10.7. The van der Waals surface area contributed by atoms with E-state index in [2.05, 4.69) is 143 Å². The molecule has 2 nitrogen and oxygen atoms in total. The van der Waals surface area contributed by atoms with Gasteiger partial charge in [0, 0.05) is 21.0 Å². The van der Waals surface area contributed by atoms with Crippen LogP contribution in [0.25, 0.3) is 66.9 Å². The summed E-state index contributed by atoms with van der Waals surface area (Å²) < 4.78 is 1.03. The van der Waals surface area contributed by atoms with Crippen molar-refractivity contribution < 1.29 is 0 Å². The molecule has 0 saturated heterocycles. The van der Waals surface area contributed by atoms with Crippen LogP contribution in [0.3, 0.4) is 0 Å². The summed E-state index contributed by atoms with van der Waals surface area (Å²) in [5.74, 6) is 0.712. The SMILES string of the molecule is Brc1ccc(-c2nc(-c3ccc(-c4ccccc4)cc3)c3ccc(-c4ccc(-c5ccccc5)cc4)cc3n2)cc1. The van der Waals surface area contributed by atoms with Gasteiger partial charge in [0.05, 0.1) is 11.2 Å². The lowest BCUT2D eigenvalue weighted by Crippen LogP contribution is -1.96. The molecule has 0 fully saturated rings. The van der Waals surface area contributed by atoms with Crippen molar-refractivity contribution in [2.24, 2.45) is 0 Å². The van der Waals surface area contributed by atoms with Crippen LogP contribution in [-0.4, -0.2) is 9.97 Å². The average Bonchev–Trinajstić information content (AvgIpc) is 3.05. The molecule has 0 aliphatic rings. The molecule has 0 atom stereocenters. The Labute approximate surface area is 248 Å². The summed E-state index contributed by atoms with van der Waals surface area (Å²) in [5.41, 5.74) is 11.0. The molecule has 1 aromatic heterocycles. The van der Waals surface area contributed by atoms with Crippen LogP contribution >= 0.6 is 15.9 Å². The molecule has 0 N–H and O–H groups in total. The van der Waals surface area contributed by atoms with Crippen LogP contribution in [0.15, 0.2) is 156 Å². The van der Waals surface area contributed by atoms with E-state index in [1.54, 1.807) is 0 Å². The number of hydrogen-bond acceptors (Lipinski definition) is 2. The van der Waals surface area contributed by atoms with E-state index in [0.717, 1.165) is 43.3 Å². The zero-order valence-electron chi connectivity index (χ0n) is 22.2. The molecular weight excluding hydrogens is 564 g/mol. The Bertz CT molecular complexity index is 1950. The number of nitrogens with zero attached hydrogens (tertiary/aromatic N) is 2. The standard InChI is InChI=1S/C38H25BrN2/c39-34-22-19-32(20-23-34)38-40-36-25-33(30-13-11-28(12-14-30)26-7-3-1-4-8-26)21-24-35(36)37(41-38)31-17-15-29(16-18-31)27-9-5-2-6-10-27/h1-25H. The number of aromatic nitrogens is 2. The largest absolute Gasteiger partial charge is 0.228 e. The number of fused-ring (bicyclic) bond motifs is 1. The molecule has 41 heavy (non-hydrogen) atoms. The fourth-order valence-corrected chi connectivity index (χ4v) is 5.46. The van der Waals surface area contributed by atoms with Crippen LogP contribution in [0.1, 0.15) is 0 Å². The molecule has 0 spiro atoms. The van der Waals surface area contributed by atoms with Crippen molar-refractivity contribution in [3.05, 3.63) is 156 Å². The van der Waals surface area contributed by atoms with E-state index in [1.165, 1.54) is 22.3 Å². The smallest absolute Gasteiger partial charge is 0.160 e. The van der Waals surface area contributed by atoms with E-state index >= 15 is 0 Å². The second-order valence-electron chi connectivity index (χ2n) is 10.0. The van der Waals surface area contributed by atoms with Gasteiger partial charge in [-0.05, 0) is 57.6 Å². The summed E-state index contributed by atoms with van der Waals surface area (Å²) in [6.07, 6.45) is 0. The molecule has 7 rings (SSSR count). The highest BCUT2D eigenvalue weighted by atomic mass is 79.9. The first-order valence-corrected chi connectivity index (χ1v) is 14.4. The molecule has 0 radical (unpaired) electrons. The predicted molar refractivity (Wildman–Crippen MR) is 174 cm³/mol. The van der Waals surface area contributed by atoms with Crippen molar-refractivity contribution in [1.29, 1.82) is 0 Å². The highest BCUT2D eigenvalue weighted by Gasteiger charge is 2.13. The molecule has 0 bridgehead atoms. The topological polar surface area (TPSA) is 25.8 Å². The van der Waals surface area contributed by atoms with Crippen molar-refractivity contribution in [3.63, 3.8) is 0 Å². The lowest BCUT2D eigenvalue weighted by Gasteiger charge is -2.12. The summed E-state index contributed by atoms with van der Waals surface area (Å²) in [4.78, 5) is 10.1. The zero-order valence-corrected chi connectivity index (χ0v) is 23.8. The maximum Gasteiger partial charge on any atom is 0.160 e. The second-order valence-corrected chi connectivity index (χ2v) is 10.9. The fourth-order valence-electron chi connectivity index (χ4n) is 5.19. The molecule has 1 heterocycles. The molecule has 0 aliphatic heterocycles. The molecule has 3 heteroatoms. The van der Waals surface area contributed by atoms with Crippen LogP contribution < -0.4 is 0 Å². The summed E-state index contributed by atoms with van der Waals surface area (Å²) in [6.45, 7) is 0. The minimum atomic E-state index is 0.712. The quantitative estimate of drug-likeness (QED) is 0.200. The number of rotatable bonds is 5. The Balaban J connectivity index is 1.33. The summed E-state index contributed by atoms with van der Waals surface area (Å²) in [5, 5.41) is 1.03. The first-order valence-electron chi connectivity index (χ1n) is 13.6. The van der Waals surface area contributed by atoms with Crippen LogP contribution in [0.4, 0.5) is 0 Å². The van der Waals surface area contributed by atoms with Crippen LogP contribution in [-0.2, 0) is 0 Å². The van der Waals surface area contributed by atoms with Gasteiger partial charge < -0.3 is 0 Å². The van der Waals surface area contributed by atoms with E-state index < -0.39 is 0 Å². The minimum absolute atomic E-state index is 0.712. The molecule has 0 amide bonds. The third kappa shape index (κ3) is 5.20. The highest BCUT2D eigenvalue weighted by molar-refractivity contribution is 9.10. The van der Waals surface area contributed by atoms with E-state index in [1.807, 2.05) is 24.3 Å². The first-order chi connectivity index (χ1) is 20.2. The number of halogens is 1. The summed E-state index contributed by atoms with van der Waals surface area (Å²) in [6, 6.07) is 53.0. The van der Waals surface area contributed by atoms with Crippen LogP contribution in [0.5, 0.6) is 0 Å². The summed E-state index contributed by atoms with van der Waals surface area (Å²) >= 11 is 3.55. The normalized spacial score (nSPS) is 11.0. The maximum atomic E-state index is 5.09. The number of hydrogen-bond donors (Lipinski definition) is 0. The average molecular weight is 590 g/mol. The van der Waals surface area contributed by atoms with Gasteiger partial charge in [0.1, 0.15) is 0 Å². The molecule has 0 unspecified atom stereocenters. The van der Waals surface area contributed by atoms with Crippen molar-refractivity contribution >= 4 is 26.8 Å². The fraction of sp³-hybridized carbons (Fsp3) is 0. The monoisotopic (exact) mass is 588 g/mol. The minimum Gasteiger partial charge on any atom is -0.228 e. The van der Waals surface area contributed by atoms with Gasteiger partial charge in [0.2, 0.25) is 0 Å². The Kier molecular flexibility index (Phi) is 6.72. The molecule has 0 saturated carbocycles. The Morgan fingerprint density at radius 3 is 1.37 bits per heavy atom. The molecule has 194 valence electrons. The van der Waals surface area contributed by atoms with Crippen molar-refractivity contribution in [2.75, 3.05) is 0 Å². The third-order valence-electron chi connectivity index (χ3n) is 7.39. The Morgan fingerprint density at radius 2 is 0.805 bits per heavy atom. The lowest BCUT2D eigenvalue weighted by atomic mass is 9.97. The van der Waals surface area contributed by atoms with E-state index in [9.17, 15) is 0 Å². The van der Waals surface area contributed by atoms with Gasteiger partial charge in [0.25, 0.3) is 0 Å². The molecule has 6 aromatic carbocycles. The van der Waals surface area contributed by atoms with Crippen LogP contribution in [0, 0.1) is 0 Å². The Hall–Kier alpha value is -4.86. The lowest BCUT2D eigenvalue weighted by molar-refractivity contribution is 1.23. The Morgan fingerprint density at radius 1 is 0.366 bits per heavy atom. The van der Waals surface area contributed by atoms with Gasteiger partial charge in [-0.25, -0.2) is 9.97 Å². The zero-order chi connectivity index (χ0) is 27.6. The van der Waals surface area contributed by atoms with E-state index in [0.29, 0.717) is 5.82 Å². The molecule has 7 aromatic rings. The first kappa shape index (κ1) is 25.1. The van der Waals surface area contributed by atoms with Gasteiger partial charge in [-0.1, -0.05) is 143 Å². The van der Waals surface area contributed by atoms with Gasteiger partial charge in [-0.3, -0.25) is 0 Å². The van der Waals surface area contributed by atoms with Crippen molar-refractivity contribution in [2.45, 2.75) is 0 Å². The van der Waals surface area contributed by atoms with Crippen LogP contribution in [0.2, 0.25) is 0 Å². The van der Waals surface area contributed by atoms with Gasteiger partial charge in [0.15, 0.2) is 5.82 Å². The van der Waals surface area contributed by atoms with Gasteiger partial charge >= 0.3 is 0 Å². The van der Waals surface area contributed by atoms with Crippen molar-refractivity contribution in [1.82, 2.24) is 9.97 Å². The molecule has 0 aliphatic carbocycles. The maximum absolute atomic E-state index is 5.09. The highest BCUT2D eigenvalue weighted by Crippen LogP contribution is 2.34. The van der Waals surface area contributed by atoms with E-state index in [-0.39, 0.29) is 0 Å². The van der Waals surface area contributed by atoms with Crippen molar-refractivity contribution in [3.8, 4) is 56.0 Å². The van der Waals surface area contributed by atoms with Gasteiger partial charge in [-0.2, -0.15) is 0 Å². The third-order valence-corrected chi connectivity index (χ3v) is 7.92. The molecular formula is C38H25BrN2. The number of benzene rings is 6. The van der Waals surface area contributed by atoms with Gasteiger partial charge in [-0.15, -0.1) is 0 Å². The second kappa shape index (κ2) is 11.0.